The van der Waals surface area contributed by atoms with Gasteiger partial charge < -0.3 is 9.47 Å². The number of rotatable bonds is 6. The Kier molecular flexibility index (Phi) is 4.80. The van der Waals surface area contributed by atoms with Crippen molar-refractivity contribution in [2.75, 3.05) is 11.3 Å². The number of non-ortho nitro benzene ring substituents is 1. The highest BCUT2D eigenvalue weighted by Gasteiger charge is 2.22. The van der Waals surface area contributed by atoms with Gasteiger partial charge in [0.1, 0.15) is 6.61 Å². The lowest BCUT2D eigenvalue weighted by Gasteiger charge is -2.26. The molecule has 3 aromatic rings. The van der Waals surface area contributed by atoms with Crippen LogP contribution in [0.1, 0.15) is 0 Å². The zero-order chi connectivity index (χ0) is 20.4. The van der Waals surface area contributed by atoms with Crippen molar-refractivity contribution in [3.8, 4) is 11.5 Å². The van der Waals surface area contributed by atoms with E-state index in [9.17, 15) is 18.5 Å². The summed E-state index contributed by atoms with van der Waals surface area (Å²) >= 11 is 0. The molecule has 1 aliphatic heterocycles. The van der Waals surface area contributed by atoms with Crippen molar-refractivity contribution in [3.05, 3.63) is 71.0 Å². The molecule has 0 saturated carbocycles. The normalized spacial score (nSPS) is 15.7. The highest BCUT2D eigenvalue weighted by molar-refractivity contribution is 7.92. The van der Waals surface area contributed by atoms with Gasteiger partial charge >= 0.3 is 0 Å². The first-order chi connectivity index (χ1) is 13.9. The number of anilines is 1. The second-order valence-electron chi connectivity index (χ2n) is 6.31. The van der Waals surface area contributed by atoms with E-state index < -0.39 is 14.9 Å². The third-order valence-electron chi connectivity index (χ3n) is 4.18. The molecule has 1 unspecified atom stereocenters. The molecule has 0 radical (unpaired) electrons. The lowest BCUT2D eigenvalue weighted by atomic mass is 10.2. The molecule has 11 heteroatoms. The fourth-order valence-electron chi connectivity index (χ4n) is 2.86. The van der Waals surface area contributed by atoms with Crippen LogP contribution in [0.2, 0.25) is 0 Å². The van der Waals surface area contributed by atoms with Gasteiger partial charge in [-0.2, -0.15) is 5.10 Å². The number of sulfonamides is 1. The van der Waals surface area contributed by atoms with E-state index in [-0.39, 0.29) is 22.4 Å². The molecule has 0 aliphatic carbocycles. The van der Waals surface area contributed by atoms with Crippen molar-refractivity contribution >= 4 is 21.4 Å². The maximum atomic E-state index is 12.5. The summed E-state index contributed by atoms with van der Waals surface area (Å²) in [7, 11) is -3.99. The van der Waals surface area contributed by atoms with Gasteiger partial charge in [-0.15, -0.1) is 0 Å². The Hall–Kier alpha value is -3.60. The van der Waals surface area contributed by atoms with E-state index in [1.165, 1.54) is 35.3 Å². The number of nitro groups is 1. The molecule has 0 bridgehead atoms. The van der Waals surface area contributed by atoms with Crippen LogP contribution < -0.4 is 14.2 Å². The molecule has 0 saturated heterocycles. The number of para-hydroxylation sites is 2. The Morgan fingerprint density at radius 1 is 1.21 bits per heavy atom. The summed E-state index contributed by atoms with van der Waals surface area (Å²) in [5, 5.41) is 15.0. The highest BCUT2D eigenvalue weighted by Crippen LogP contribution is 2.31. The molecule has 4 rings (SSSR count). The van der Waals surface area contributed by atoms with Crippen LogP contribution in [0.4, 0.5) is 11.4 Å². The van der Waals surface area contributed by atoms with Gasteiger partial charge in [-0.25, -0.2) is 8.42 Å². The predicted molar refractivity (Wildman–Crippen MR) is 102 cm³/mol. The van der Waals surface area contributed by atoms with Crippen molar-refractivity contribution in [3.63, 3.8) is 0 Å². The van der Waals surface area contributed by atoms with Crippen LogP contribution in [0.25, 0.3) is 0 Å². The molecular weight excluding hydrogens is 400 g/mol. The summed E-state index contributed by atoms with van der Waals surface area (Å²) in [5.74, 6) is 1.32. The van der Waals surface area contributed by atoms with E-state index in [1.807, 2.05) is 24.3 Å². The topological polar surface area (TPSA) is 126 Å². The molecule has 1 N–H and O–H groups in total. The van der Waals surface area contributed by atoms with Crippen LogP contribution in [-0.4, -0.2) is 35.8 Å². The van der Waals surface area contributed by atoms with E-state index in [0.717, 1.165) is 6.07 Å². The lowest BCUT2D eigenvalue weighted by Crippen LogP contribution is -2.33. The summed E-state index contributed by atoms with van der Waals surface area (Å²) in [6.07, 6.45) is 2.58. The van der Waals surface area contributed by atoms with Crippen LogP contribution in [0.5, 0.6) is 11.5 Å². The standard InChI is InChI=1S/C18H16N4O6S/c23-22(24)14-4-3-5-16(8-14)29(25,26)20-13-9-19-21(10-13)11-15-12-27-17-6-1-2-7-18(17)28-15/h1-10,15,20H,11-12H2. The molecule has 10 nitrogen and oxygen atoms in total. The maximum Gasteiger partial charge on any atom is 0.270 e. The third-order valence-corrected chi connectivity index (χ3v) is 5.56. The molecule has 0 spiro atoms. The van der Waals surface area contributed by atoms with Gasteiger partial charge in [0.05, 0.1) is 28.2 Å². The smallest absolute Gasteiger partial charge is 0.270 e. The first-order valence-electron chi connectivity index (χ1n) is 8.59. The van der Waals surface area contributed by atoms with Crippen LogP contribution in [0, 0.1) is 10.1 Å². The Balaban J connectivity index is 1.44. The molecule has 1 aromatic heterocycles. The van der Waals surface area contributed by atoms with Crippen molar-refractivity contribution in [1.29, 1.82) is 0 Å². The molecule has 0 fully saturated rings. The third kappa shape index (κ3) is 4.14. The van der Waals surface area contributed by atoms with E-state index in [1.54, 1.807) is 0 Å². The number of aromatic nitrogens is 2. The van der Waals surface area contributed by atoms with E-state index in [2.05, 4.69) is 9.82 Å². The summed E-state index contributed by atoms with van der Waals surface area (Å²) in [6, 6.07) is 12.1. The van der Waals surface area contributed by atoms with Gasteiger partial charge in [0.25, 0.3) is 15.7 Å². The zero-order valence-corrected chi connectivity index (χ0v) is 15.8. The number of nitrogens with zero attached hydrogens (tertiary/aromatic N) is 3. The maximum absolute atomic E-state index is 12.5. The number of nitrogens with one attached hydrogen (secondary N) is 1. The molecule has 1 atom stereocenters. The van der Waals surface area contributed by atoms with Crippen LogP contribution in [-0.2, 0) is 16.6 Å². The van der Waals surface area contributed by atoms with E-state index in [4.69, 9.17) is 9.47 Å². The lowest BCUT2D eigenvalue weighted by molar-refractivity contribution is -0.385. The molecule has 150 valence electrons. The zero-order valence-electron chi connectivity index (χ0n) is 15.0. The van der Waals surface area contributed by atoms with Gasteiger partial charge in [-0.1, -0.05) is 18.2 Å². The average Bonchev–Trinajstić information content (AvgIpc) is 3.14. The summed E-state index contributed by atoms with van der Waals surface area (Å²) < 4.78 is 40.4. The summed E-state index contributed by atoms with van der Waals surface area (Å²) in [5.41, 5.74) is -0.0769. The monoisotopic (exact) mass is 416 g/mol. The molecule has 0 amide bonds. The molecule has 1 aliphatic rings. The van der Waals surface area contributed by atoms with Crippen LogP contribution >= 0.6 is 0 Å². The highest BCUT2D eigenvalue weighted by atomic mass is 32.2. The molecule has 2 aromatic carbocycles. The second-order valence-corrected chi connectivity index (χ2v) is 7.99. The Labute approximate surface area is 165 Å². The van der Waals surface area contributed by atoms with Crippen LogP contribution in [0.3, 0.4) is 0 Å². The minimum Gasteiger partial charge on any atom is -0.486 e. The number of nitro benzene ring substituents is 1. The average molecular weight is 416 g/mol. The molecule has 2 heterocycles. The second kappa shape index (κ2) is 7.43. The van der Waals surface area contributed by atoms with Gasteiger partial charge in [0.15, 0.2) is 17.6 Å². The predicted octanol–water partition coefficient (Wildman–Crippen LogP) is 2.43. The van der Waals surface area contributed by atoms with Gasteiger partial charge in [-0.05, 0) is 18.2 Å². The number of hydrogen-bond donors (Lipinski definition) is 1. The largest absolute Gasteiger partial charge is 0.486 e. The Bertz CT molecular complexity index is 1160. The van der Waals surface area contributed by atoms with Gasteiger partial charge in [0.2, 0.25) is 0 Å². The van der Waals surface area contributed by atoms with Crippen molar-refractivity contribution in [1.82, 2.24) is 9.78 Å². The molecule has 29 heavy (non-hydrogen) atoms. The first kappa shape index (κ1) is 18.7. The number of fused-ring (bicyclic) bond motifs is 1. The fraction of sp³-hybridized carbons (Fsp3) is 0.167. The minimum absolute atomic E-state index is 0.208. The van der Waals surface area contributed by atoms with Gasteiger partial charge in [0, 0.05) is 18.3 Å². The number of ether oxygens (including phenoxy) is 2. The molecular formula is C18H16N4O6S. The van der Waals surface area contributed by atoms with Gasteiger partial charge in [-0.3, -0.25) is 19.5 Å². The van der Waals surface area contributed by atoms with E-state index >= 15 is 0 Å². The summed E-state index contributed by atoms with van der Waals surface area (Å²) in [6.45, 7) is 0.693. The van der Waals surface area contributed by atoms with E-state index in [0.29, 0.717) is 24.7 Å². The SMILES string of the molecule is O=[N+]([O-])c1cccc(S(=O)(=O)Nc2cnn(CC3COc4ccccc4O3)c2)c1. The van der Waals surface area contributed by atoms with Crippen molar-refractivity contribution < 1.29 is 22.8 Å². The van der Waals surface area contributed by atoms with Crippen LogP contribution in [0.15, 0.2) is 65.8 Å². The first-order valence-corrected chi connectivity index (χ1v) is 10.1. The quantitative estimate of drug-likeness (QED) is 0.483. The minimum atomic E-state index is -3.99. The van der Waals surface area contributed by atoms with Crippen molar-refractivity contribution in [2.45, 2.75) is 17.5 Å². The number of hydrogen-bond acceptors (Lipinski definition) is 7. The van der Waals surface area contributed by atoms with Crippen molar-refractivity contribution in [2.24, 2.45) is 0 Å². The Morgan fingerprint density at radius 3 is 2.79 bits per heavy atom. The fourth-order valence-corrected chi connectivity index (χ4v) is 3.92. The number of benzene rings is 2. The Morgan fingerprint density at radius 2 is 2.00 bits per heavy atom. The summed E-state index contributed by atoms with van der Waals surface area (Å²) in [4.78, 5) is 10.0.